The topological polar surface area (TPSA) is 62.1 Å². The van der Waals surface area contributed by atoms with E-state index in [0.29, 0.717) is 41.5 Å². The number of hydrogen-bond donors (Lipinski definition) is 1. The standard InChI is InChI=1S/C18H15ClN2O2/c1-11-14(8-12-2-4-13(10-20)5-3-12)9-15-17(16(11)19)23-7-6-21-18(15)22/h2-5,9H,6-8H2,1H3,(H,21,22). The van der Waals surface area contributed by atoms with Crippen LogP contribution in [-0.4, -0.2) is 19.1 Å². The van der Waals surface area contributed by atoms with Crippen molar-refractivity contribution in [2.24, 2.45) is 0 Å². The number of benzene rings is 2. The molecule has 0 radical (unpaired) electrons. The Labute approximate surface area is 139 Å². The molecule has 1 N–H and O–H groups in total. The fraction of sp³-hybridized carbons (Fsp3) is 0.222. The summed E-state index contributed by atoms with van der Waals surface area (Å²) in [5, 5.41) is 12.1. The van der Waals surface area contributed by atoms with Gasteiger partial charge in [-0.15, -0.1) is 0 Å². The first-order valence-electron chi connectivity index (χ1n) is 7.32. The lowest BCUT2D eigenvalue weighted by Crippen LogP contribution is -2.24. The summed E-state index contributed by atoms with van der Waals surface area (Å²) >= 11 is 6.42. The van der Waals surface area contributed by atoms with Crippen LogP contribution in [0.1, 0.15) is 32.6 Å². The van der Waals surface area contributed by atoms with Gasteiger partial charge in [-0.05, 0) is 48.2 Å². The van der Waals surface area contributed by atoms with E-state index < -0.39 is 0 Å². The second-order valence-corrected chi connectivity index (χ2v) is 5.82. The van der Waals surface area contributed by atoms with Crippen LogP contribution in [0.3, 0.4) is 0 Å². The fourth-order valence-electron chi connectivity index (χ4n) is 2.60. The number of nitriles is 1. The number of hydrogen-bond acceptors (Lipinski definition) is 3. The first-order chi connectivity index (χ1) is 11.1. The van der Waals surface area contributed by atoms with Crippen molar-refractivity contribution in [3.63, 3.8) is 0 Å². The molecule has 23 heavy (non-hydrogen) atoms. The van der Waals surface area contributed by atoms with Gasteiger partial charge in [-0.3, -0.25) is 4.79 Å². The van der Waals surface area contributed by atoms with Gasteiger partial charge in [0, 0.05) is 0 Å². The molecule has 0 aromatic heterocycles. The Morgan fingerprint density at radius 3 is 2.78 bits per heavy atom. The van der Waals surface area contributed by atoms with E-state index in [9.17, 15) is 4.79 Å². The van der Waals surface area contributed by atoms with Gasteiger partial charge in [0.1, 0.15) is 6.61 Å². The summed E-state index contributed by atoms with van der Waals surface area (Å²) in [4.78, 5) is 12.2. The normalized spacial score (nSPS) is 13.3. The number of carbonyl (C=O) groups is 1. The third-order valence-electron chi connectivity index (χ3n) is 3.93. The molecule has 4 nitrogen and oxygen atoms in total. The van der Waals surface area contributed by atoms with E-state index in [1.165, 1.54) is 0 Å². The molecule has 1 amide bonds. The number of ether oxygens (including phenoxy) is 1. The SMILES string of the molecule is Cc1c(Cc2ccc(C#N)cc2)cc2c(c1Cl)OCCNC2=O. The second kappa shape index (κ2) is 6.31. The van der Waals surface area contributed by atoms with Crippen molar-refractivity contribution in [3.8, 4) is 11.8 Å². The highest BCUT2D eigenvalue weighted by molar-refractivity contribution is 6.33. The van der Waals surface area contributed by atoms with Crippen molar-refractivity contribution in [3.05, 3.63) is 63.2 Å². The molecule has 2 aromatic carbocycles. The lowest BCUT2D eigenvalue weighted by molar-refractivity contribution is 0.0957. The van der Waals surface area contributed by atoms with E-state index in [1.54, 1.807) is 12.1 Å². The third-order valence-corrected chi connectivity index (χ3v) is 4.38. The molecule has 1 aliphatic heterocycles. The molecule has 0 spiro atoms. The molecule has 116 valence electrons. The molecule has 5 heteroatoms. The van der Waals surface area contributed by atoms with E-state index in [1.807, 2.05) is 25.1 Å². The van der Waals surface area contributed by atoms with Crippen LogP contribution >= 0.6 is 11.6 Å². The molecule has 2 aromatic rings. The van der Waals surface area contributed by atoms with Crippen LogP contribution in [0, 0.1) is 18.3 Å². The van der Waals surface area contributed by atoms with Crippen LogP contribution in [0.2, 0.25) is 5.02 Å². The minimum Gasteiger partial charge on any atom is -0.489 e. The van der Waals surface area contributed by atoms with Gasteiger partial charge < -0.3 is 10.1 Å². The summed E-state index contributed by atoms with van der Waals surface area (Å²) < 4.78 is 5.61. The molecule has 0 unspecified atom stereocenters. The van der Waals surface area contributed by atoms with Gasteiger partial charge in [0.15, 0.2) is 5.75 Å². The zero-order chi connectivity index (χ0) is 16.4. The van der Waals surface area contributed by atoms with Crippen molar-refractivity contribution in [2.75, 3.05) is 13.2 Å². The Balaban J connectivity index is 2.01. The first-order valence-corrected chi connectivity index (χ1v) is 7.70. The van der Waals surface area contributed by atoms with Crippen molar-refractivity contribution in [2.45, 2.75) is 13.3 Å². The Morgan fingerprint density at radius 2 is 2.09 bits per heavy atom. The van der Waals surface area contributed by atoms with Crippen LogP contribution in [-0.2, 0) is 6.42 Å². The summed E-state index contributed by atoms with van der Waals surface area (Å²) in [6.07, 6.45) is 0.637. The molecule has 0 atom stereocenters. The van der Waals surface area contributed by atoms with Crippen molar-refractivity contribution >= 4 is 17.5 Å². The number of carbonyl (C=O) groups excluding carboxylic acids is 1. The van der Waals surface area contributed by atoms with Gasteiger partial charge in [-0.25, -0.2) is 0 Å². The molecule has 0 saturated heterocycles. The highest BCUT2D eigenvalue weighted by atomic mass is 35.5. The molecule has 0 bridgehead atoms. The molecule has 1 heterocycles. The highest BCUT2D eigenvalue weighted by Gasteiger charge is 2.22. The maximum atomic E-state index is 12.2. The van der Waals surface area contributed by atoms with E-state index in [0.717, 1.165) is 16.7 Å². The predicted molar refractivity (Wildman–Crippen MR) is 88.0 cm³/mol. The number of halogens is 1. The molecule has 1 aliphatic rings. The zero-order valence-corrected chi connectivity index (χ0v) is 13.4. The second-order valence-electron chi connectivity index (χ2n) is 5.44. The summed E-state index contributed by atoms with van der Waals surface area (Å²) in [6, 6.07) is 11.3. The highest BCUT2D eigenvalue weighted by Crippen LogP contribution is 2.36. The van der Waals surface area contributed by atoms with Crippen molar-refractivity contribution < 1.29 is 9.53 Å². The molecule has 0 fully saturated rings. The summed E-state index contributed by atoms with van der Waals surface area (Å²) in [7, 11) is 0. The molecule has 0 aliphatic carbocycles. The lowest BCUT2D eigenvalue weighted by Gasteiger charge is -2.14. The molecular formula is C18H15ClN2O2. The Kier molecular flexibility index (Phi) is 4.22. The number of amides is 1. The quantitative estimate of drug-likeness (QED) is 0.921. The summed E-state index contributed by atoms with van der Waals surface area (Å²) in [6.45, 7) is 2.80. The lowest BCUT2D eigenvalue weighted by atomic mass is 9.96. The predicted octanol–water partition coefficient (Wildman–Crippen LogP) is 3.23. The van der Waals surface area contributed by atoms with Crippen LogP contribution in [0.25, 0.3) is 0 Å². The van der Waals surface area contributed by atoms with Gasteiger partial charge >= 0.3 is 0 Å². The van der Waals surface area contributed by atoms with Crippen molar-refractivity contribution in [1.29, 1.82) is 5.26 Å². The Morgan fingerprint density at radius 1 is 1.35 bits per heavy atom. The summed E-state index contributed by atoms with van der Waals surface area (Å²) in [5.74, 6) is 0.295. The van der Waals surface area contributed by atoms with E-state index in [2.05, 4.69) is 11.4 Å². The van der Waals surface area contributed by atoms with E-state index in [4.69, 9.17) is 21.6 Å². The van der Waals surface area contributed by atoms with Crippen molar-refractivity contribution in [1.82, 2.24) is 5.32 Å². The van der Waals surface area contributed by atoms with Gasteiger partial charge in [-0.1, -0.05) is 23.7 Å². The van der Waals surface area contributed by atoms with Gasteiger partial charge in [-0.2, -0.15) is 5.26 Å². The average Bonchev–Trinajstić information content (AvgIpc) is 2.75. The number of fused-ring (bicyclic) bond motifs is 1. The Bertz CT molecular complexity index is 807. The first kappa shape index (κ1) is 15.4. The van der Waals surface area contributed by atoms with Gasteiger partial charge in [0.05, 0.1) is 28.8 Å². The smallest absolute Gasteiger partial charge is 0.255 e. The maximum absolute atomic E-state index is 12.2. The molecule has 0 saturated carbocycles. The Hall–Kier alpha value is -2.51. The van der Waals surface area contributed by atoms with Gasteiger partial charge in [0.2, 0.25) is 0 Å². The maximum Gasteiger partial charge on any atom is 0.255 e. The minimum atomic E-state index is -0.166. The van der Waals surface area contributed by atoms with Crippen LogP contribution < -0.4 is 10.1 Å². The van der Waals surface area contributed by atoms with Crippen LogP contribution in [0.15, 0.2) is 30.3 Å². The molecular weight excluding hydrogens is 312 g/mol. The minimum absolute atomic E-state index is 0.166. The largest absolute Gasteiger partial charge is 0.489 e. The summed E-state index contributed by atoms with van der Waals surface area (Å²) in [5.41, 5.74) is 4.03. The van der Waals surface area contributed by atoms with Crippen LogP contribution in [0.5, 0.6) is 5.75 Å². The number of rotatable bonds is 2. The number of nitrogens with zero attached hydrogens (tertiary/aromatic N) is 1. The van der Waals surface area contributed by atoms with E-state index >= 15 is 0 Å². The molecule has 3 rings (SSSR count). The zero-order valence-electron chi connectivity index (χ0n) is 12.6. The number of nitrogens with one attached hydrogen (secondary N) is 1. The van der Waals surface area contributed by atoms with E-state index in [-0.39, 0.29) is 5.91 Å². The fourth-order valence-corrected chi connectivity index (χ4v) is 2.88. The monoisotopic (exact) mass is 326 g/mol. The van der Waals surface area contributed by atoms with Gasteiger partial charge in [0.25, 0.3) is 5.91 Å². The van der Waals surface area contributed by atoms with Crippen LogP contribution in [0.4, 0.5) is 0 Å². The average molecular weight is 327 g/mol. The third kappa shape index (κ3) is 3.01.